The molecule has 0 atom stereocenters. The summed E-state index contributed by atoms with van der Waals surface area (Å²) >= 11 is 0. The number of sulfone groups is 2. The molecule has 0 amide bonds. The van der Waals surface area contributed by atoms with Gasteiger partial charge in [0.05, 0.1) is 15.0 Å². The van der Waals surface area contributed by atoms with Gasteiger partial charge in [0.25, 0.3) is 0 Å². The maximum atomic E-state index is 12.0. The van der Waals surface area contributed by atoms with Crippen molar-refractivity contribution in [2.45, 2.75) is 35.8 Å². The summed E-state index contributed by atoms with van der Waals surface area (Å²) in [6.07, 6.45) is 1.06. The van der Waals surface area contributed by atoms with Crippen LogP contribution in [0.3, 0.4) is 0 Å². The Hall–Kier alpha value is -0.880. The molecule has 17 heavy (non-hydrogen) atoms. The molecule has 0 unspecified atom stereocenters. The molecule has 0 N–H and O–H groups in total. The topological polar surface area (TPSA) is 68.3 Å². The van der Waals surface area contributed by atoms with E-state index in [1.807, 2.05) is 0 Å². The SMILES string of the molecule is Cc1ccc(S(C)(=O)=O)cc1S(=O)(=O)C(C)C. The highest BCUT2D eigenvalue weighted by Crippen LogP contribution is 2.23. The predicted octanol–water partition coefficient (Wildman–Crippen LogP) is 1.58. The Morgan fingerprint density at radius 3 is 2.00 bits per heavy atom. The van der Waals surface area contributed by atoms with Gasteiger partial charge in [-0.2, -0.15) is 0 Å². The fourth-order valence-corrected chi connectivity index (χ4v) is 3.41. The first-order chi connectivity index (χ1) is 7.56. The van der Waals surface area contributed by atoms with Crippen molar-refractivity contribution in [1.82, 2.24) is 0 Å². The molecule has 1 aromatic rings. The van der Waals surface area contributed by atoms with E-state index in [-0.39, 0.29) is 9.79 Å². The molecule has 0 aliphatic heterocycles. The number of rotatable bonds is 3. The van der Waals surface area contributed by atoms with Gasteiger partial charge in [0.15, 0.2) is 19.7 Å². The molecule has 0 spiro atoms. The van der Waals surface area contributed by atoms with Crippen molar-refractivity contribution >= 4 is 19.7 Å². The van der Waals surface area contributed by atoms with Gasteiger partial charge in [-0.05, 0) is 38.5 Å². The number of aryl methyl sites for hydroxylation is 1. The Morgan fingerprint density at radius 2 is 1.59 bits per heavy atom. The van der Waals surface area contributed by atoms with Crippen LogP contribution < -0.4 is 0 Å². The van der Waals surface area contributed by atoms with Crippen molar-refractivity contribution in [3.8, 4) is 0 Å². The molecule has 0 aliphatic rings. The summed E-state index contributed by atoms with van der Waals surface area (Å²) in [6.45, 7) is 4.80. The van der Waals surface area contributed by atoms with Crippen LogP contribution in [0.5, 0.6) is 0 Å². The predicted molar refractivity (Wildman–Crippen MR) is 66.6 cm³/mol. The first-order valence-corrected chi connectivity index (χ1v) is 8.55. The van der Waals surface area contributed by atoms with Gasteiger partial charge in [-0.1, -0.05) is 6.07 Å². The summed E-state index contributed by atoms with van der Waals surface area (Å²) in [7, 11) is -6.85. The van der Waals surface area contributed by atoms with E-state index in [4.69, 9.17) is 0 Å². The first-order valence-electron chi connectivity index (χ1n) is 5.11. The molecule has 0 saturated heterocycles. The van der Waals surface area contributed by atoms with Crippen molar-refractivity contribution in [3.63, 3.8) is 0 Å². The average Bonchev–Trinajstić information content (AvgIpc) is 2.15. The van der Waals surface area contributed by atoms with E-state index >= 15 is 0 Å². The van der Waals surface area contributed by atoms with E-state index in [1.165, 1.54) is 18.2 Å². The normalized spacial score (nSPS) is 13.0. The fraction of sp³-hybridized carbons (Fsp3) is 0.455. The smallest absolute Gasteiger partial charge is 0.180 e. The summed E-state index contributed by atoms with van der Waals surface area (Å²) in [5.74, 6) is 0. The molecule has 1 aromatic carbocycles. The van der Waals surface area contributed by atoms with E-state index in [9.17, 15) is 16.8 Å². The molecule has 0 aromatic heterocycles. The van der Waals surface area contributed by atoms with Crippen molar-refractivity contribution in [2.24, 2.45) is 0 Å². The van der Waals surface area contributed by atoms with E-state index in [0.29, 0.717) is 5.56 Å². The minimum atomic E-state index is -3.45. The number of hydrogen-bond donors (Lipinski definition) is 0. The third kappa shape index (κ3) is 2.87. The molecule has 0 bridgehead atoms. The summed E-state index contributed by atoms with van der Waals surface area (Å²) in [5.41, 5.74) is 0.561. The van der Waals surface area contributed by atoms with Crippen LogP contribution in [0.1, 0.15) is 19.4 Å². The van der Waals surface area contributed by atoms with Crippen LogP contribution in [0, 0.1) is 6.92 Å². The van der Waals surface area contributed by atoms with Gasteiger partial charge in [0.2, 0.25) is 0 Å². The molecule has 0 saturated carbocycles. The van der Waals surface area contributed by atoms with E-state index in [0.717, 1.165) is 6.26 Å². The molecule has 4 nitrogen and oxygen atoms in total. The fourth-order valence-electron chi connectivity index (χ4n) is 1.37. The second kappa shape index (κ2) is 4.42. The molecule has 1 rings (SSSR count). The Morgan fingerprint density at radius 1 is 1.06 bits per heavy atom. The third-order valence-corrected chi connectivity index (χ3v) is 5.92. The lowest BCUT2D eigenvalue weighted by Gasteiger charge is -2.11. The second-order valence-corrected chi connectivity index (χ2v) is 8.78. The minimum absolute atomic E-state index is 0.0299. The Labute approximate surface area is 103 Å². The highest BCUT2D eigenvalue weighted by molar-refractivity contribution is 7.92. The van der Waals surface area contributed by atoms with E-state index < -0.39 is 24.9 Å². The minimum Gasteiger partial charge on any atom is -0.224 e. The number of benzene rings is 1. The van der Waals surface area contributed by atoms with Gasteiger partial charge in [-0.3, -0.25) is 0 Å². The third-order valence-electron chi connectivity index (χ3n) is 2.51. The van der Waals surface area contributed by atoms with Gasteiger partial charge in [0, 0.05) is 6.26 Å². The number of hydrogen-bond acceptors (Lipinski definition) is 4. The van der Waals surface area contributed by atoms with E-state index in [1.54, 1.807) is 20.8 Å². The lowest BCUT2D eigenvalue weighted by molar-refractivity contribution is 0.586. The summed E-state index contributed by atoms with van der Waals surface area (Å²) in [5, 5.41) is -0.573. The van der Waals surface area contributed by atoms with Crippen LogP contribution in [-0.4, -0.2) is 28.3 Å². The molecular formula is C11H16O4S2. The van der Waals surface area contributed by atoms with Gasteiger partial charge in [-0.25, -0.2) is 16.8 Å². The zero-order valence-electron chi connectivity index (χ0n) is 10.3. The second-order valence-electron chi connectivity index (χ2n) is 4.29. The molecule has 0 radical (unpaired) electrons. The maximum Gasteiger partial charge on any atom is 0.180 e. The molecule has 0 fully saturated rings. The monoisotopic (exact) mass is 276 g/mol. The Bertz CT molecular complexity index is 625. The van der Waals surface area contributed by atoms with Crippen molar-refractivity contribution in [1.29, 1.82) is 0 Å². The Balaban J connectivity index is 3.57. The first kappa shape index (κ1) is 14.2. The molecule has 0 aliphatic carbocycles. The van der Waals surface area contributed by atoms with Crippen LogP contribution in [0.25, 0.3) is 0 Å². The van der Waals surface area contributed by atoms with Crippen molar-refractivity contribution in [2.75, 3.05) is 6.26 Å². The van der Waals surface area contributed by atoms with Gasteiger partial charge < -0.3 is 0 Å². The molecule has 6 heteroatoms. The summed E-state index contributed by atoms with van der Waals surface area (Å²) < 4.78 is 46.9. The largest absolute Gasteiger partial charge is 0.224 e. The van der Waals surface area contributed by atoms with Crippen LogP contribution >= 0.6 is 0 Å². The van der Waals surface area contributed by atoms with Crippen LogP contribution in [-0.2, 0) is 19.7 Å². The highest BCUT2D eigenvalue weighted by Gasteiger charge is 2.23. The van der Waals surface area contributed by atoms with Crippen LogP contribution in [0.4, 0.5) is 0 Å². The zero-order chi connectivity index (χ0) is 13.4. The van der Waals surface area contributed by atoms with Crippen LogP contribution in [0.2, 0.25) is 0 Å². The lowest BCUT2D eigenvalue weighted by Crippen LogP contribution is -2.16. The van der Waals surface area contributed by atoms with Crippen molar-refractivity contribution < 1.29 is 16.8 Å². The maximum absolute atomic E-state index is 12.0. The van der Waals surface area contributed by atoms with Gasteiger partial charge in [0.1, 0.15) is 0 Å². The summed E-state index contributed by atoms with van der Waals surface area (Å²) in [4.78, 5) is 0.123. The van der Waals surface area contributed by atoms with E-state index in [2.05, 4.69) is 0 Å². The molecule has 0 heterocycles. The highest BCUT2D eigenvalue weighted by atomic mass is 32.2. The summed E-state index contributed by atoms with van der Waals surface area (Å²) in [6, 6.07) is 4.18. The standard InChI is InChI=1S/C11H16O4S2/c1-8(2)17(14,15)11-7-10(16(4,12)13)6-5-9(11)3/h5-8H,1-4H3. The zero-order valence-corrected chi connectivity index (χ0v) is 11.9. The molecular weight excluding hydrogens is 260 g/mol. The molecule has 96 valence electrons. The Kier molecular flexibility index (Phi) is 3.69. The van der Waals surface area contributed by atoms with Gasteiger partial charge in [-0.15, -0.1) is 0 Å². The van der Waals surface area contributed by atoms with Crippen LogP contribution in [0.15, 0.2) is 28.0 Å². The lowest BCUT2D eigenvalue weighted by atomic mass is 10.2. The van der Waals surface area contributed by atoms with Gasteiger partial charge >= 0.3 is 0 Å². The average molecular weight is 276 g/mol. The quantitative estimate of drug-likeness (QED) is 0.840. The van der Waals surface area contributed by atoms with Crippen molar-refractivity contribution in [3.05, 3.63) is 23.8 Å².